The number of hydrogen-bond donors (Lipinski definition) is 2. The summed E-state index contributed by atoms with van der Waals surface area (Å²) in [6.07, 6.45) is 0.980. The lowest BCUT2D eigenvalue weighted by atomic mass is 10.3. The van der Waals surface area contributed by atoms with Gasteiger partial charge in [0.25, 0.3) is 5.91 Å². The molecule has 2 aromatic rings. The maximum Gasteiger partial charge on any atom is 0.338 e. The van der Waals surface area contributed by atoms with Gasteiger partial charge in [0.1, 0.15) is 6.26 Å². The fraction of sp³-hybridized carbons (Fsp3) is 0. The molecule has 0 spiro atoms. The monoisotopic (exact) mass is 377 g/mol. The van der Waals surface area contributed by atoms with Crippen molar-refractivity contribution in [2.75, 3.05) is 5.32 Å². The zero-order chi connectivity index (χ0) is 14.9. The van der Waals surface area contributed by atoms with Crippen molar-refractivity contribution in [2.45, 2.75) is 0 Å². The van der Waals surface area contributed by atoms with Crippen molar-refractivity contribution in [3.63, 3.8) is 0 Å². The molecule has 20 heavy (non-hydrogen) atoms. The number of carboxylic acid groups (broad SMARTS) is 1. The minimum Gasteiger partial charge on any atom is -0.478 e. The molecular formula is C12H6BrCl2NO4. The molecule has 0 saturated carbocycles. The Morgan fingerprint density at radius 3 is 2.55 bits per heavy atom. The van der Waals surface area contributed by atoms with Crippen LogP contribution in [0.1, 0.15) is 20.9 Å². The Hall–Kier alpha value is -1.50. The van der Waals surface area contributed by atoms with Gasteiger partial charge < -0.3 is 14.8 Å². The van der Waals surface area contributed by atoms with Crippen LogP contribution in [0.2, 0.25) is 10.0 Å². The number of carbonyl (C=O) groups excluding carboxylic acids is 1. The predicted molar refractivity (Wildman–Crippen MR) is 77.8 cm³/mol. The van der Waals surface area contributed by atoms with Gasteiger partial charge in [0.15, 0.2) is 5.76 Å². The molecule has 1 aromatic carbocycles. The molecule has 0 saturated heterocycles. The van der Waals surface area contributed by atoms with Gasteiger partial charge in [0.05, 0.1) is 21.3 Å². The number of rotatable bonds is 3. The Labute approximate surface area is 131 Å². The van der Waals surface area contributed by atoms with E-state index in [0.29, 0.717) is 4.47 Å². The highest BCUT2D eigenvalue weighted by atomic mass is 79.9. The van der Waals surface area contributed by atoms with Crippen molar-refractivity contribution in [3.05, 3.63) is 50.3 Å². The summed E-state index contributed by atoms with van der Waals surface area (Å²) in [4.78, 5) is 22.6. The van der Waals surface area contributed by atoms with Crippen LogP contribution in [0.3, 0.4) is 0 Å². The quantitative estimate of drug-likeness (QED) is 0.780. The van der Waals surface area contributed by atoms with Gasteiger partial charge in [0.2, 0.25) is 0 Å². The van der Waals surface area contributed by atoms with Crippen LogP contribution in [-0.2, 0) is 0 Å². The molecule has 0 unspecified atom stereocenters. The van der Waals surface area contributed by atoms with Gasteiger partial charge in [-0.2, -0.15) is 0 Å². The Balaban J connectivity index is 2.23. The van der Waals surface area contributed by atoms with Gasteiger partial charge in [-0.15, -0.1) is 0 Å². The van der Waals surface area contributed by atoms with Crippen LogP contribution in [0, 0.1) is 0 Å². The summed E-state index contributed by atoms with van der Waals surface area (Å²) in [5.41, 5.74) is 0.174. The number of amides is 1. The fourth-order valence-corrected chi connectivity index (χ4v) is 2.20. The van der Waals surface area contributed by atoms with Crippen LogP contribution >= 0.6 is 39.1 Å². The van der Waals surface area contributed by atoms with E-state index in [1.807, 2.05) is 0 Å². The minimum atomic E-state index is -1.18. The van der Waals surface area contributed by atoms with E-state index >= 15 is 0 Å². The standard InChI is InChI=1S/C12H6BrCl2NO4/c13-6-1-2-7(10(15)9(6)14)16-11(17)8-3-5(4-20-8)12(18)19/h1-4H,(H,16,17)(H,18,19). The summed E-state index contributed by atoms with van der Waals surface area (Å²) in [6.45, 7) is 0. The highest BCUT2D eigenvalue weighted by Crippen LogP contribution is 2.36. The Morgan fingerprint density at radius 1 is 1.25 bits per heavy atom. The number of halogens is 3. The zero-order valence-electron chi connectivity index (χ0n) is 9.62. The number of carboxylic acids is 1. The molecule has 0 aliphatic heterocycles. The number of aromatic carboxylic acids is 1. The van der Waals surface area contributed by atoms with E-state index in [4.69, 9.17) is 32.7 Å². The number of benzene rings is 1. The molecule has 8 heteroatoms. The lowest BCUT2D eigenvalue weighted by molar-refractivity contribution is 0.0696. The first-order chi connectivity index (χ1) is 9.40. The van der Waals surface area contributed by atoms with Crippen molar-refractivity contribution >= 4 is 56.7 Å². The summed E-state index contributed by atoms with van der Waals surface area (Å²) < 4.78 is 5.47. The molecule has 1 aromatic heterocycles. The van der Waals surface area contributed by atoms with Crippen molar-refractivity contribution in [1.29, 1.82) is 0 Å². The summed E-state index contributed by atoms with van der Waals surface area (Å²) in [7, 11) is 0. The molecule has 0 radical (unpaired) electrons. The van der Waals surface area contributed by atoms with Gasteiger partial charge in [0, 0.05) is 10.5 Å². The smallest absolute Gasteiger partial charge is 0.338 e. The normalized spacial score (nSPS) is 10.3. The second-order valence-electron chi connectivity index (χ2n) is 3.68. The molecule has 0 fully saturated rings. The molecule has 0 aliphatic carbocycles. The zero-order valence-corrected chi connectivity index (χ0v) is 12.7. The minimum absolute atomic E-state index is 0.116. The number of nitrogens with one attached hydrogen (secondary N) is 1. The molecule has 2 rings (SSSR count). The maximum atomic E-state index is 11.9. The van der Waals surface area contributed by atoms with Crippen LogP contribution in [0.25, 0.3) is 0 Å². The topological polar surface area (TPSA) is 79.5 Å². The lowest BCUT2D eigenvalue weighted by Crippen LogP contribution is -2.11. The molecule has 2 N–H and O–H groups in total. The number of anilines is 1. The van der Waals surface area contributed by atoms with E-state index in [2.05, 4.69) is 21.2 Å². The summed E-state index contributed by atoms with van der Waals surface area (Å²) in [6, 6.07) is 4.29. The average molecular weight is 379 g/mol. The van der Waals surface area contributed by atoms with Crippen LogP contribution in [0.15, 0.2) is 33.4 Å². The fourth-order valence-electron chi connectivity index (χ4n) is 1.37. The predicted octanol–water partition coefficient (Wildman–Crippen LogP) is 4.30. The van der Waals surface area contributed by atoms with E-state index in [-0.39, 0.29) is 27.1 Å². The van der Waals surface area contributed by atoms with E-state index in [0.717, 1.165) is 12.3 Å². The van der Waals surface area contributed by atoms with Crippen molar-refractivity contribution in [2.24, 2.45) is 0 Å². The van der Waals surface area contributed by atoms with E-state index in [9.17, 15) is 9.59 Å². The van der Waals surface area contributed by atoms with Crippen LogP contribution in [0.4, 0.5) is 5.69 Å². The molecule has 0 aliphatic rings. The summed E-state index contributed by atoms with van der Waals surface area (Å²) in [5, 5.41) is 11.7. The van der Waals surface area contributed by atoms with Gasteiger partial charge in [-0.3, -0.25) is 4.79 Å². The van der Waals surface area contributed by atoms with Gasteiger partial charge >= 0.3 is 5.97 Å². The van der Waals surface area contributed by atoms with Crippen LogP contribution in [0.5, 0.6) is 0 Å². The third kappa shape index (κ3) is 2.98. The summed E-state index contributed by atoms with van der Waals surface area (Å²) >= 11 is 15.1. The first-order valence-electron chi connectivity index (χ1n) is 5.17. The highest BCUT2D eigenvalue weighted by molar-refractivity contribution is 9.10. The third-order valence-electron chi connectivity index (χ3n) is 2.35. The maximum absolute atomic E-state index is 11.9. The first-order valence-corrected chi connectivity index (χ1v) is 6.71. The number of furan rings is 1. The molecule has 104 valence electrons. The Bertz CT molecular complexity index is 699. The Morgan fingerprint density at radius 2 is 1.95 bits per heavy atom. The van der Waals surface area contributed by atoms with E-state index < -0.39 is 11.9 Å². The SMILES string of the molecule is O=C(O)c1coc(C(=O)Nc2ccc(Br)c(Cl)c2Cl)c1. The third-order valence-corrected chi connectivity index (χ3v) is 4.12. The van der Waals surface area contributed by atoms with Gasteiger partial charge in [-0.25, -0.2) is 4.79 Å². The van der Waals surface area contributed by atoms with Crippen LogP contribution in [-0.4, -0.2) is 17.0 Å². The average Bonchev–Trinajstić information content (AvgIpc) is 2.89. The molecule has 1 amide bonds. The Kier molecular flexibility index (Phi) is 4.37. The van der Waals surface area contributed by atoms with Crippen molar-refractivity contribution in [3.8, 4) is 0 Å². The summed E-state index contributed by atoms with van der Waals surface area (Å²) in [5.74, 6) is -1.95. The second kappa shape index (κ2) is 5.87. The van der Waals surface area contributed by atoms with E-state index in [1.165, 1.54) is 0 Å². The number of hydrogen-bond acceptors (Lipinski definition) is 3. The molecule has 1 heterocycles. The van der Waals surface area contributed by atoms with E-state index in [1.54, 1.807) is 12.1 Å². The second-order valence-corrected chi connectivity index (χ2v) is 5.29. The molecule has 0 bridgehead atoms. The van der Waals surface area contributed by atoms with Gasteiger partial charge in [-0.1, -0.05) is 23.2 Å². The van der Waals surface area contributed by atoms with Crippen LogP contribution < -0.4 is 5.32 Å². The largest absolute Gasteiger partial charge is 0.478 e. The molecular weight excluding hydrogens is 373 g/mol. The lowest BCUT2D eigenvalue weighted by Gasteiger charge is -2.07. The van der Waals surface area contributed by atoms with Gasteiger partial charge in [-0.05, 0) is 28.1 Å². The molecule has 0 atom stereocenters. The van der Waals surface area contributed by atoms with Crippen molar-refractivity contribution < 1.29 is 19.1 Å². The van der Waals surface area contributed by atoms with Crippen molar-refractivity contribution in [1.82, 2.24) is 0 Å². The first kappa shape index (κ1) is 14.9. The molecule has 5 nitrogen and oxygen atoms in total. The highest BCUT2D eigenvalue weighted by Gasteiger charge is 2.17. The number of carbonyl (C=O) groups is 2.